The lowest BCUT2D eigenvalue weighted by Crippen LogP contribution is -2.56. The fourth-order valence-electron chi connectivity index (χ4n) is 2.88. The van der Waals surface area contributed by atoms with E-state index in [9.17, 15) is 18.4 Å². The molecular formula is C12H17F2NO4. The van der Waals surface area contributed by atoms with E-state index in [1.54, 1.807) is 20.8 Å². The van der Waals surface area contributed by atoms with Crippen LogP contribution in [0.2, 0.25) is 0 Å². The highest BCUT2D eigenvalue weighted by molar-refractivity contribution is 5.82. The maximum absolute atomic E-state index is 13.7. The molecule has 0 spiro atoms. The number of hydrogen-bond donors (Lipinski definition) is 1. The Balaban J connectivity index is 2.25. The number of carbonyl (C=O) groups excluding carboxylic acids is 1. The Bertz CT molecular complexity index is 418. The van der Waals surface area contributed by atoms with Crippen LogP contribution in [-0.4, -0.2) is 45.7 Å². The van der Waals surface area contributed by atoms with Gasteiger partial charge in [0.2, 0.25) is 0 Å². The van der Waals surface area contributed by atoms with Gasteiger partial charge in [-0.3, -0.25) is 4.90 Å². The molecule has 1 saturated carbocycles. The molecule has 108 valence electrons. The van der Waals surface area contributed by atoms with Gasteiger partial charge in [0.25, 0.3) is 5.92 Å². The molecule has 1 saturated heterocycles. The van der Waals surface area contributed by atoms with Gasteiger partial charge in [-0.1, -0.05) is 0 Å². The van der Waals surface area contributed by atoms with Gasteiger partial charge in [-0.05, 0) is 33.1 Å². The number of likely N-dealkylation sites (tertiary alicyclic amines) is 1. The molecule has 2 fully saturated rings. The SMILES string of the molecule is CC(C)(C)OC(=O)N1C2CC(CC2(F)F)[C@H]1C(=O)O. The minimum absolute atomic E-state index is 0.0171. The predicted octanol–water partition coefficient (Wildman–Crippen LogP) is 2.10. The number of carbonyl (C=O) groups is 2. The van der Waals surface area contributed by atoms with Crippen molar-refractivity contribution >= 4 is 12.1 Å². The molecule has 0 radical (unpaired) electrons. The molecule has 3 atom stereocenters. The second kappa shape index (κ2) is 4.05. The topological polar surface area (TPSA) is 66.8 Å². The van der Waals surface area contributed by atoms with Gasteiger partial charge in [0.1, 0.15) is 11.6 Å². The van der Waals surface area contributed by atoms with Crippen LogP contribution in [0.3, 0.4) is 0 Å². The number of carboxylic acid groups (broad SMARTS) is 1. The summed E-state index contributed by atoms with van der Waals surface area (Å²) in [5.41, 5.74) is -0.850. The molecule has 0 aromatic carbocycles. The summed E-state index contributed by atoms with van der Waals surface area (Å²) in [5, 5.41) is 9.13. The summed E-state index contributed by atoms with van der Waals surface area (Å²) >= 11 is 0. The number of amides is 1. The zero-order valence-electron chi connectivity index (χ0n) is 11.0. The van der Waals surface area contributed by atoms with E-state index in [0.717, 1.165) is 0 Å². The van der Waals surface area contributed by atoms with Crippen LogP contribution in [0.15, 0.2) is 0 Å². The van der Waals surface area contributed by atoms with E-state index in [0.29, 0.717) is 4.90 Å². The highest BCUT2D eigenvalue weighted by Gasteiger charge is 2.65. The van der Waals surface area contributed by atoms with Crippen molar-refractivity contribution < 1.29 is 28.2 Å². The second-order valence-electron chi connectivity index (χ2n) is 6.15. The summed E-state index contributed by atoms with van der Waals surface area (Å²) in [4.78, 5) is 23.9. The van der Waals surface area contributed by atoms with Gasteiger partial charge in [-0.25, -0.2) is 18.4 Å². The maximum Gasteiger partial charge on any atom is 0.411 e. The van der Waals surface area contributed by atoms with E-state index in [2.05, 4.69) is 0 Å². The van der Waals surface area contributed by atoms with Crippen LogP contribution in [0.25, 0.3) is 0 Å². The summed E-state index contributed by atoms with van der Waals surface area (Å²) < 4.78 is 32.4. The van der Waals surface area contributed by atoms with Crippen LogP contribution >= 0.6 is 0 Å². The number of alkyl halides is 2. The van der Waals surface area contributed by atoms with Gasteiger partial charge < -0.3 is 9.84 Å². The second-order valence-corrected chi connectivity index (χ2v) is 6.15. The summed E-state index contributed by atoms with van der Waals surface area (Å²) in [5.74, 6) is -4.99. The molecule has 1 aliphatic carbocycles. The third kappa shape index (κ3) is 2.37. The standard InChI is InChI=1S/C12H17F2NO4/c1-11(2,3)19-10(18)15-7-4-6(5-12(7,13)14)8(15)9(16)17/h6-8H,4-5H2,1-3H3,(H,16,17)/t6?,7?,8-/m0/s1. The lowest BCUT2D eigenvalue weighted by atomic mass is 9.97. The predicted molar refractivity (Wildman–Crippen MR) is 61.0 cm³/mol. The molecule has 0 aromatic rings. The third-order valence-corrected chi connectivity index (χ3v) is 3.49. The van der Waals surface area contributed by atoms with Gasteiger partial charge >= 0.3 is 12.1 Å². The zero-order valence-corrected chi connectivity index (χ0v) is 11.0. The van der Waals surface area contributed by atoms with E-state index in [1.807, 2.05) is 0 Å². The Morgan fingerprint density at radius 1 is 1.37 bits per heavy atom. The Morgan fingerprint density at radius 2 is 1.95 bits per heavy atom. The number of aliphatic carboxylic acids is 1. The Kier molecular flexibility index (Phi) is 2.98. The molecule has 2 rings (SSSR count). The van der Waals surface area contributed by atoms with Crippen molar-refractivity contribution in [3.63, 3.8) is 0 Å². The number of piperidine rings is 1. The number of carboxylic acids is 1. The largest absolute Gasteiger partial charge is 0.480 e. The molecule has 1 N–H and O–H groups in total. The highest BCUT2D eigenvalue weighted by Crippen LogP contribution is 2.51. The number of ether oxygens (including phenoxy) is 1. The van der Waals surface area contributed by atoms with Crippen LogP contribution in [-0.2, 0) is 9.53 Å². The minimum atomic E-state index is -3.03. The summed E-state index contributed by atoms with van der Waals surface area (Å²) in [7, 11) is 0. The van der Waals surface area contributed by atoms with Crippen LogP contribution in [0.1, 0.15) is 33.6 Å². The van der Waals surface area contributed by atoms with E-state index >= 15 is 0 Å². The van der Waals surface area contributed by atoms with E-state index in [-0.39, 0.29) is 6.42 Å². The lowest BCUT2D eigenvalue weighted by Gasteiger charge is -2.37. The van der Waals surface area contributed by atoms with Crippen LogP contribution in [0, 0.1) is 5.92 Å². The minimum Gasteiger partial charge on any atom is -0.480 e. The highest BCUT2D eigenvalue weighted by atomic mass is 19.3. The van der Waals surface area contributed by atoms with Crippen LogP contribution < -0.4 is 0 Å². The van der Waals surface area contributed by atoms with Crippen molar-refractivity contribution in [1.29, 1.82) is 0 Å². The number of rotatable bonds is 1. The number of halogens is 2. The molecule has 1 amide bonds. The first-order valence-electron chi connectivity index (χ1n) is 6.15. The van der Waals surface area contributed by atoms with Gasteiger partial charge in [-0.15, -0.1) is 0 Å². The van der Waals surface area contributed by atoms with Crippen molar-refractivity contribution in [3.8, 4) is 0 Å². The summed E-state index contributed by atoms with van der Waals surface area (Å²) in [6.07, 6.45) is -1.44. The smallest absolute Gasteiger partial charge is 0.411 e. The molecule has 7 heteroatoms. The van der Waals surface area contributed by atoms with Crippen LogP contribution in [0.5, 0.6) is 0 Å². The molecule has 1 aliphatic heterocycles. The first-order chi connectivity index (χ1) is 8.53. The van der Waals surface area contributed by atoms with Crippen molar-refractivity contribution in [3.05, 3.63) is 0 Å². The van der Waals surface area contributed by atoms with Crippen molar-refractivity contribution in [1.82, 2.24) is 4.90 Å². The number of hydrogen-bond acceptors (Lipinski definition) is 3. The quantitative estimate of drug-likeness (QED) is 0.797. The molecule has 2 unspecified atom stereocenters. The molecule has 5 nitrogen and oxygen atoms in total. The Labute approximate surface area is 109 Å². The van der Waals surface area contributed by atoms with Gasteiger partial charge in [0.05, 0.1) is 6.04 Å². The Hall–Kier alpha value is -1.40. The maximum atomic E-state index is 13.7. The van der Waals surface area contributed by atoms with E-state index < -0.39 is 48.0 Å². The monoisotopic (exact) mass is 277 g/mol. The van der Waals surface area contributed by atoms with Crippen molar-refractivity contribution in [2.45, 2.75) is 57.2 Å². The number of nitrogens with zero attached hydrogens (tertiary/aromatic N) is 1. The van der Waals surface area contributed by atoms with Crippen molar-refractivity contribution in [2.75, 3.05) is 0 Å². The molecule has 2 bridgehead atoms. The van der Waals surface area contributed by atoms with Gasteiger partial charge in [-0.2, -0.15) is 0 Å². The molecule has 1 heterocycles. The van der Waals surface area contributed by atoms with Crippen molar-refractivity contribution in [2.24, 2.45) is 5.92 Å². The molecular weight excluding hydrogens is 260 g/mol. The fourth-order valence-corrected chi connectivity index (χ4v) is 2.88. The number of fused-ring (bicyclic) bond motifs is 2. The third-order valence-electron chi connectivity index (χ3n) is 3.49. The fraction of sp³-hybridized carbons (Fsp3) is 0.833. The summed E-state index contributed by atoms with van der Waals surface area (Å²) in [6.45, 7) is 4.81. The Morgan fingerprint density at radius 3 is 2.42 bits per heavy atom. The normalized spacial score (nSPS) is 32.5. The van der Waals surface area contributed by atoms with Crippen LogP contribution in [0.4, 0.5) is 13.6 Å². The molecule has 19 heavy (non-hydrogen) atoms. The lowest BCUT2D eigenvalue weighted by molar-refractivity contribution is -0.152. The zero-order chi connectivity index (χ0) is 14.6. The first-order valence-corrected chi connectivity index (χ1v) is 6.15. The first kappa shape index (κ1) is 14.0. The van der Waals surface area contributed by atoms with E-state index in [4.69, 9.17) is 9.84 Å². The average Bonchev–Trinajstić information content (AvgIpc) is 2.66. The van der Waals surface area contributed by atoms with Gasteiger partial charge in [0.15, 0.2) is 0 Å². The van der Waals surface area contributed by atoms with E-state index in [1.165, 1.54) is 0 Å². The average molecular weight is 277 g/mol. The molecule has 2 aliphatic rings. The van der Waals surface area contributed by atoms with Gasteiger partial charge in [0, 0.05) is 6.42 Å². The molecule has 0 aromatic heterocycles. The summed E-state index contributed by atoms with van der Waals surface area (Å²) in [6, 6.07) is -2.58.